The molecule has 0 spiro atoms. The number of rotatable bonds is 2. The maximum atomic E-state index is 12.9. The number of amidine groups is 1. The lowest BCUT2D eigenvalue weighted by atomic mass is 10.2. The Hall–Kier alpha value is -1.48. The van der Waals surface area contributed by atoms with Crippen molar-refractivity contribution in [2.24, 2.45) is 4.99 Å². The average molecular weight is 319 g/mol. The van der Waals surface area contributed by atoms with Crippen molar-refractivity contribution in [2.75, 3.05) is 0 Å². The average Bonchev–Trinajstić information content (AvgIpc) is 2.55. The van der Waals surface area contributed by atoms with Gasteiger partial charge in [0.25, 0.3) is 5.90 Å². The molecule has 0 atom stereocenters. The van der Waals surface area contributed by atoms with E-state index in [4.69, 9.17) is 5.41 Å². The van der Waals surface area contributed by atoms with Gasteiger partial charge in [-0.1, -0.05) is 0 Å². The Morgan fingerprint density at radius 1 is 1.00 bits per heavy atom. The number of halogens is 6. The summed E-state index contributed by atoms with van der Waals surface area (Å²) in [5.41, 5.74) is -4.71. The monoisotopic (exact) mass is 319 g/mol. The lowest BCUT2D eigenvalue weighted by Gasteiger charge is -2.31. The molecule has 0 amide bonds. The quantitative estimate of drug-likeness (QED) is 0.794. The molecule has 0 radical (unpaired) electrons. The van der Waals surface area contributed by atoms with Crippen molar-refractivity contribution in [1.82, 2.24) is 4.90 Å². The highest BCUT2D eigenvalue weighted by molar-refractivity contribution is 6.38. The molecule has 0 unspecified atom stereocenters. The van der Waals surface area contributed by atoms with Crippen LogP contribution in [0.1, 0.15) is 27.7 Å². The number of nitrogens with one attached hydrogen (secondary N) is 1. The predicted molar refractivity (Wildman–Crippen MR) is 63.2 cm³/mol. The van der Waals surface area contributed by atoms with E-state index < -0.39 is 41.9 Å². The second-order valence-electron chi connectivity index (χ2n) is 5.10. The normalized spacial score (nSPS) is 19.0. The van der Waals surface area contributed by atoms with Crippen molar-refractivity contribution < 1.29 is 31.1 Å². The van der Waals surface area contributed by atoms with Gasteiger partial charge in [-0.25, -0.2) is 4.99 Å². The topological polar surface area (TPSA) is 48.7 Å². The molecule has 10 heteroatoms. The van der Waals surface area contributed by atoms with Crippen LogP contribution < -0.4 is 0 Å². The van der Waals surface area contributed by atoms with Crippen molar-refractivity contribution >= 4 is 11.7 Å². The van der Waals surface area contributed by atoms with Crippen LogP contribution in [0.3, 0.4) is 0 Å². The van der Waals surface area contributed by atoms with Crippen LogP contribution >= 0.6 is 0 Å². The molecule has 21 heavy (non-hydrogen) atoms. The van der Waals surface area contributed by atoms with E-state index in [-0.39, 0.29) is 0 Å². The second kappa shape index (κ2) is 5.06. The molecule has 0 fully saturated rings. The van der Waals surface area contributed by atoms with Gasteiger partial charge in [0, 0.05) is 12.1 Å². The summed E-state index contributed by atoms with van der Waals surface area (Å²) in [5.74, 6) is -2.00. The van der Waals surface area contributed by atoms with Gasteiger partial charge in [0.2, 0.25) is 0 Å². The largest absolute Gasteiger partial charge is 0.460 e. The molecule has 0 bridgehead atoms. The zero-order valence-corrected chi connectivity index (χ0v) is 11.7. The first-order valence-electron chi connectivity index (χ1n) is 6.04. The highest BCUT2D eigenvalue weighted by Crippen LogP contribution is 2.49. The van der Waals surface area contributed by atoms with E-state index in [0.717, 1.165) is 0 Å². The zero-order chi connectivity index (χ0) is 16.8. The minimum Gasteiger partial charge on any atom is -0.430 e. The van der Waals surface area contributed by atoms with Crippen molar-refractivity contribution in [3.05, 3.63) is 0 Å². The molecule has 0 saturated heterocycles. The van der Waals surface area contributed by atoms with E-state index in [2.05, 4.69) is 9.73 Å². The number of hydrogen-bond acceptors (Lipinski definition) is 4. The summed E-state index contributed by atoms with van der Waals surface area (Å²) in [6, 6.07) is -0.907. The number of ether oxygens (including phenoxy) is 1. The summed E-state index contributed by atoms with van der Waals surface area (Å²) >= 11 is 0. The molecule has 122 valence electrons. The standard InChI is InChI=1S/C11H15F6N3O/c1-5(2)20(6(3)4)8-7(18)21-9(19-8,10(12,13)14)11(15,16)17/h5-6,18H,1-4H3. The van der Waals surface area contributed by atoms with Crippen LogP contribution in [-0.4, -0.2) is 46.8 Å². The second-order valence-corrected chi connectivity index (χ2v) is 5.10. The third kappa shape index (κ3) is 2.80. The first-order chi connectivity index (χ1) is 9.24. The third-order valence-electron chi connectivity index (χ3n) is 2.84. The first kappa shape index (κ1) is 17.6. The van der Waals surface area contributed by atoms with Crippen LogP contribution in [-0.2, 0) is 4.74 Å². The predicted octanol–water partition coefficient (Wildman–Crippen LogP) is 3.33. The molecule has 4 nitrogen and oxygen atoms in total. The van der Waals surface area contributed by atoms with Gasteiger partial charge in [-0.2, -0.15) is 26.3 Å². The van der Waals surface area contributed by atoms with E-state index in [1.165, 1.54) is 4.90 Å². The van der Waals surface area contributed by atoms with Gasteiger partial charge in [-0.15, -0.1) is 0 Å². The Labute approximate surface area is 117 Å². The highest BCUT2D eigenvalue weighted by atomic mass is 19.4. The molecule has 0 saturated carbocycles. The van der Waals surface area contributed by atoms with Crippen LogP contribution in [0.25, 0.3) is 0 Å². The van der Waals surface area contributed by atoms with E-state index in [9.17, 15) is 26.3 Å². The van der Waals surface area contributed by atoms with Crippen molar-refractivity contribution in [1.29, 1.82) is 5.41 Å². The van der Waals surface area contributed by atoms with Crippen LogP contribution in [0.2, 0.25) is 0 Å². The van der Waals surface area contributed by atoms with Crippen LogP contribution in [0.5, 0.6) is 0 Å². The molecule has 1 aliphatic rings. The van der Waals surface area contributed by atoms with Gasteiger partial charge in [0.15, 0.2) is 5.84 Å². The molecule has 0 aromatic carbocycles. The fraction of sp³-hybridized carbons (Fsp3) is 0.818. The first-order valence-corrected chi connectivity index (χ1v) is 6.04. The van der Waals surface area contributed by atoms with Crippen molar-refractivity contribution in [2.45, 2.75) is 57.9 Å². The summed E-state index contributed by atoms with van der Waals surface area (Å²) in [4.78, 5) is 3.90. The van der Waals surface area contributed by atoms with Crippen molar-refractivity contribution in [3.8, 4) is 0 Å². The van der Waals surface area contributed by atoms with E-state index >= 15 is 0 Å². The molecular weight excluding hydrogens is 304 g/mol. The Balaban J connectivity index is 3.46. The van der Waals surface area contributed by atoms with E-state index in [1.54, 1.807) is 27.7 Å². The Morgan fingerprint density at radius 2 is 1.38 bits per heavy atom. The number of alkyl halides is 6. The lowest BCUT2D eigenvalue weighted by Crippen LogP contribution is -2.56. The maximum Gasteiger partial charge on any atom is 0.460 e. The van der Waals surface area contributed by atoms with Crippen LogP contribution in [0.4, 0.5) is 26.3 Å². The van der Waals surface area contributed by atoms with Gasteiger partial charge in [0.05, 0.1) is 0 Å². The van der Waals surface area contributed by atoms with Gasteiger partial charge in [-0.05, 0) is 27.7 Å². The fourth-order valence-corrected chi connectivity index (χ4v) is 2.08. The lowest BCUT2D eigenvalue weighted by molar-refractivity contribution is -0.355. The summed E-state index contributed by atoms with van der Waals surface area (Å²) in [6.07, 6.45) is -11.6. The Bertz CT molecular complexity index is 430. The summed E-state index contributed by atoms with van der Waals surface area (Å²) in [6.45, 7) is 6.27. The molecule has 0 aromatic rings. The van der Waals surface area contributed by atoms with E-state index in [1.807, 2.05) is 0 Å². The van der Waals surface area contributed by atoms with Gasteiger partial charge < -0.3 is 9.64 Å². The Kier molecular flexibility index (Phi) is 4.23. The summed E-state index contributed by atoms with van der Waals surface area (Å²) in [5, 5.41) is 7.34. The molecule has 0 aromatic heterocycles. The molecule has 1 N–H and O–H groups in total. The summed E-state index contributed by atoms with van der Waals surface area (Å²) in [7, 11) is 0. The zero-order valence-electron chi connectivity index (χ0n) is 11.7. The number of nitrogens with zero attached hydrogens (tertiary/aromatic N) is 2. The minimum atomic E-state index is -5.82. The Morgan fingerprint density at radius 3 is 1.62 bits per heavy atom. The fourth-order valence-electron chi connectivity index (χ4n) is 2.08. The van der Waals surface area contributed by atoms with Crippen LogP contribution in [0, 0.1) is 5.41 Å². The van der Waals surface area contributed by atoms with Crippen LogP contribution in [0.15, 0.2) is 4.99 Å². The highest BCUT2D eigenvalue weighted by Gasteiger charge is 2.77. The third-order valence-corrected chi connectivity index (χ3v) is 2.84. The van der Waals surface area contributed by atoms with Gasteiger partial charge in [-0.3, -0.25) is 5.41 Å². The van der Waals surface area contributed by atoms with Gasteiger partial charge >= 0.3 is 18.1 Å². The summed E-state index contributed by atoms with van der Waals surface area (Å²) < 4.78 is 81.0. The van der Waals surface area contributed by atoms with Crippen molar-refractivity contribution in [3.63, 3.8) is 0 Å². The molecular formula is C11H15F6N3O. The minimum absolute atomic E-state index is 0.454. The van der Waals surface area contributed by atoms with Gasteiger partial charge in [0.1, 0.15) is 0 Å². The molecule has 0 aliphatic carbocycles. The maximum absolute atomic E-state index is 12.9. The smallest absolute Gasteiger partial charge is 0.430 e. The number of aliphatic imine (C=N–C) groups is 1. The molecule has 1 rings (SSSR count). The van der Waals surface area contributed by atoms with E-state index in [0.29, 0.717) is 0 Å². The number of hydrogen-bond donors (Lipinski definition) is 1. The SMILES string of the molecule is CC(C)N(C1=NC(C(F)(F)F)(C(F)(F)F)OC1=N)C(C)C. The molecule has 1 aliphatic heterocycles. The molecule has 1 heterocycles.